The summed E-state index contributed by atoms with van der Waals surface area (Å²) in [4.78, 5) is 21.4. The number of rotatable bonds is 7. The van der Waals surface area contributed by atoms with E-state index in [9.17, 15) is 14.9 Å². The SMILES string of the molecule is COc1cc(C)c(C=CC(C)=CC=CC(C)=CC(=O)O)c(C)c1[N+](=O)[O-]. The van der Waals surface area contributed by atoms with E-state index < -0.39 is 10.9 Å². The quantitative estimate of drug-likeness (QED) is 0.329. The molecule has 1 aromatic carbocycles. The van der Waals surface area contributed by atoms with E-state index >= 15 is 0 Å². The van der Waals surface area contributed by atoms with Crippen molar-refractivity contribution in [1.29, 1.82) is 0 Å². The molecule has 0 atom stereocenters. The molecule has 0 aliphatic heterocycles. The van der Waals surface area contributed by atoms with Crippen LogP contribution in [0.25, 0.3) is 6.08 Å². The topological polar surface area (TPSA) is 89.7 Å². The fourth-order valence-electron chi connectivity index (χ4n) is 2.45. The van der Waals surface area contributed by atoms with Gasteiger partial charge in [0.25, 0.3) is 0 Å². The van der Waals surface area contributed by atoms with Gasteiger partial charge in [-0.3, -0.25) is 10.1 Å². The maximum absolute atomic E-state index is 11.3. The number of allylic oxidation sites excluding steroid dienone is 6. The van der Waals surface area contributed by atoms with E-state index in [1.165, 1.54) is 7.11 Å². The Bertz CT molecular complexity index is 829. The molecule has 0 fully saturated rings. The monoisotopic (exact) mass is 357 g/mol. The molecule has 6 nitrogen and oxygen atoms in total. The lowest BCUT2D eigenvalue weighted by Gasteiger charge is -2.10. The number of nitrogens with zero attached hydrogens (tertiary/aromatic N) is 1. The molecular weight excluding hydrogens is 334 g/mol. The van der Waals surface area contributed by atoms with Crippen molar-refractivity contribution in [1.82, 2.24) is 0 Å². The molecule has 0 heterocycles. The summed E-state index contributed by atoms with van der Waals surface area (Å²) in [5.41, 5.74) is 3.71. The second-order valence-corrected chi connectivity index (χ2v) is 5.87. The number of carboxylic acid groups (broad SMARTS) is 1. The first-order chi connectivity index (χ1) is 12.2. The molecule has 26 heavy (non-hydrogen) atoms. The zero-order valence-electron chi connectivity index (χ0n) is 15.6. The number of carboxylic acids is 1. The Labute approximate surface area is 153 Å². The van der Waals surface area contributed by atoms with Gasteiger partial charge in [0.15, 0.2) is 5.75 Å². The van der Waals surface area contributed by atoms with Crippen molar-refractivity contribution in [3.8, 4) is 5.75 Å². The van der Waals surface area contributed by atoms with Crippen molar-refractivity contribution in [3.63, 3.8) is 0 Å². The smallest absolute Gasteiger partial charge is 0.328 e. The van der Waals surface area contributed by atoms with Gasteiger partial charge < -0.3 is 9.84 Å². The van der Waals surface area contributed by atoms with Gasteiger partial charge in [0.1, 0.15) is 0 Å². The first kappa shape index (κ1) is 20.9. The van der Waals surface area contributed by atoms with Gasteiger partial charge in [-0.15, -0.1) is 0 Å². The predicted octanol–water partition coefficient (Wildman–Crippen LogP) is 4.77. The highest BCUT2D eigenvalue weighted by atomic mass is 16.6. The van der Waals surface area contributed by atoms with Gasteiger partial charge >= 0.3 is 11.7 Å². The molecule has 1 aromatic rings. The fraction of sp³-hybridized carbons (Fsp3) is 0.250. The van der Waals surface area contributed by atoms with Gasteiger partial charge in [-0.25, -0.2) is 4.79 Å². The summed E-state index contributed by atoms with van der Waals surface area (Å²) in [6.45, 7) is 7.16. The fourth-order valence-corrected chi connectivity index (χ4v) is 2.45. The van der Waals surface area contributed by atoms with Crippen LogP contribution >= 0.6 is 0 Å². The first-order valence-electron chi connectivity index (χ1n) is 7.94. The van der Waals surface area contributed by atoms with Crippen LogP contribution in [0.15, 0.2) is 47.6 Å². The zero-order valence-corrected chi connectivity index (χ0v) is 15.6. The third-order valence-corrected chi connectivity index (χ3v) is 3.75. The molecule has 0 unspecified atom stereocenters. The lowest BCUT2D eigenvalue weighted by atomic mass is 9.99. The molecule has 0 saturated carbocycles. The number of ether oxygens (including phenoxy) is 1. The molecule has 0 aliphatic carbocycles. The van der Waals surface area contributed by atoms with Crippen LogP contribution in [-0.4, -0.2) is 23.1 Å². The van der Waals surface area contributed by atoms with Crippen LogP contribution in [0.3, 0.4) is 0 Å². The zero-order chi connectivity index (χ0) is 19.9. The van der Waals surface area contributed by atoms with Crippen molar-refractivity contribution in [2.24, 2.45) is 0 Å². The van der Waals surface area contributed by atoms with Crippen molar-refractivity contribution >= 4 is 17.7 Å². The minimum Gasteiger partial charge on any atom is -0.490 e. The van der Waals surface area contributed by atoms with E-state index in [1.54, 1.807) is 32.1 Å². The Kier molecular flexibility index (Phi) is 7.52. The molecule has 1 N–H and O–H groups in total. The van der Waals surface area contributed by atoms with Crippen LogP contribution in [0.1, 0.15) is 30.5 Å². The Morgan fingerprint density at radius 3 is 2.42 bits per heavy atom. The van der Waals surface area contributed by atoms with Crippen LogP contribution in [0.5, 0.6) is 5.75 Å². The number of hydrogen-bond acceptors (Lipinski definition) is 4. The Hall–Kier alpha value is -3.15. The van der Waals surface area contributed by atoms with Crippen LogP contribution in [0.2, 0.25) is 0 Å². The summed E-state index contributed by atoms with van der Waals surface area (Å²) in [5.74, 6) is -0.738. The highest BCUT2D eigenvalue weighted by Crippen LogP contribution is 2.35. The largest absolute Gasteiger partial charge is 0.490 e. The van der Waals surface area contributed by atoms with Crippen LogP contribution in [-0.2, 0) is 4.79 Å². The van der Waals surface area contributed by atoms with Crippen LogP contribution in [0.4, 0.5) is 5.69 Å². The van der Waals surface area contributed by atoms with Crippen LogP contribution < -0.4 is 4.74 Å². The second-order valence-electron chi connectivity index (χ2n) is 5.87. The molecule has 138 valence electrons. The van der Waals surface area contributed by atoms with E-state index in [1.807, 2.05) is 32.1 Å². The molecule has 0 bridgehead atoms. The summed E-state index contributed by atoms with van der Waals surface area (Å²) in [5, 5.41) is 20.0. The molecular formula is C20H23NO5. The third-order valence-electron chi connectivity index (χ3n) is 3.75. The van der Waals surface area contributed by atoms with Gasteiger partial charge in [0.05, 0.1) is 12.0 Å². The average Bonchev–Trinajstić information content (AvgIpc) is 2.52. The molecule has 0 aliphatic rings. The Morgan fingerprint density at radius 2 is 1.88 bits per heavy atom. The first-order valence-corrected chi connectivity index (χ1v) is 7.94. The summed E-state index contributed by atoms with van der Waals surface area (Å²) in [7, 11) is 1.41. The lowest BCUT2D eigenvalue weighted by molar-refractivity contribution is -0.386. The van der Waals surface area contributed by atoms with E-state index in [-0.39, 0.29) is 11.4 Å². The standard InChI is InChI=1S/C20H23NO5/c1-13(7-6-8-14(2)11-19(22)23)9-10-17-15(3)12-18(26-5)20(16(17)4)21(24)25/h6-12H,1-5H3,(H,22,23). The van der Waals surface area contributed by atoms with Gasteiger partial charge in [0.2, 0.25) is 0 Å². The molecule has 0 spiro atoms. The lowest BCUT2D eigenvalue weighted by Crippen LogP contribution is -2.00. The molecule has 1 rings (SSSR count). The summed E-state index contributed by atoms with van der Waals surface area (Å²) in [6.07, 6.45) is 10.1. The number of benzene rings is 1. The maximum Gasteiger partial charge on any atom is 0.328 e. The minimum atomic E-state index is -0.986. The average molecular weight is 357 g/mol. The highest BCUT2D eigenvalue weighted by Gasteiger charge is 2.21. The molecule has 0 radical (unpaired) electrons. The minimum absolute atomic E-state index is 0.0336. The van der Waals surface area contributed by atoms with E-state index in [2.05, 4.69) is 0 Å². The van der Waals surface area contributed by atoms with E-state index in [4.69, 9.17) is 9.84 Å². The number of methoxy groups -OCH3 is 1. The Morgan fingerprint density at radius 1 is 1.23 bits per heavy atom. The van der Waals surface area contributed by atoms with Gasteiger partial charge in [-0.2, -0.15) is 0 Å². The number of hydrogen-bond donors (Lipinski definition) is 1. The predicted molar refractivity (Wildman–Crippen MR) is 102 cm³/mol. The summed E-state index contributed by atoms with van der Waals surface area (Å²) < 4.78 is 5.12. The molecule has 0 saturated heterocycles. The highest BCUT2D eigenvalue weighted by molar-refractivity contribution is 5.81. The van der Waals surface area contributed by atoms with Crippen molar-refractivity contribution < 1.29 is 19.6 Å². The maximum atomic E-state index is 11.3. The van der Waals surface area contributed by atoms with Gasteiger partial charge in [0, 0.05) is 11.6 Å². The molecule has 6 heteroatoms. The Balaban J connectivity index is 3.13. The van der Waals surface area contributed by atoms with Crippen molar-refractivity contribution in [3.05, 3.63) is 74.4 Å². The molecule has 0 aromatic heterocycles. The number of carbonyl (C=O) groups is 1. The third kappa shape index (κ3) is 5.73. The van der Waals surface area contributed by atoms with E-state index in [0.717, 1.165) is 22.8 Å². The summed E-state index contributed by atoms with van der Waals surface area (Å²) >= 11 is 0. The number of aliphatic carboxylic acids is 1. The van der Waals surface area contributed by atoms with Crippen molar-refractivity contribution in [2.75, 3.05) is 7.11 Å². The van der Waals surface area contributed by atoms with Crippen molar-refractivity contribution in [2.45, 2.75) is 27.7 Å². The number of nitro benzene ring substituents is 1. The van der Waals surface area contributed by atoms with Crippen LogP contribution in [0, 0.1) is 24.0 Å². The van der Waals surface area contributed by atoms with E-state index in [0.29, 0.717) is 11.1 Å². The molecule has 0 amide bonds. The van der Waals surface area contributed by atoms with Gasteiger partial charge in [-0.1, -0.05) is 36.0 Å². The normalized spacial score (nSPS) is 12.8. The summed E-state index contributed by atoms with van der Waals surface area (Å²) in [6, 6.07) is 1.66. The number of nitro groups is 1. The number of aryl methyl sites for hydroxylation is 1. The van der Waals surface area contributed by atoms with Gasteiger partial charge in [-0.05, 0) is 50.5 Å². The second kappa shape index (κ2) is 9.36.